The molecule has 0 amide bonds. The van der Waals surface area contributed by atoms with E-state index in [1.54, 1.807) is 6.92 Å². The SMILES string of the molecule is CCC1CC2CC(Cl)CC(C2)C12OOC2(OCC(F)(F)F)c1ccc(C)c(O[C@@H]2O[C@H](C(=O)[O-])[C@@H](O)[C@H](O)[C@H]2O)c1.[Na+]. The molecule has 2 aliphatic heterocycles. The second kappa shape index (κ2) is 12.6. The van der Waals surface area contributed by atoms with Crippen molar-refractivity contribution < 1.29 is 91.9 Å². The maximum Gasteiger partial charge on any atom is 1.00 e. The number of carboxylic acid groups (broad SMARTS) is 1. The molecule has 4 aliphatic rings. The first-order valence-corrected chi connectivity index (χ1v) is 14.1. The molecular weight excluding hydrogens is 600 g/mol. The zero-order valence-corrected chi connectivity index (χ0v) is 26.1. The summed E-state index contributed by atoms with van der Waals surface area (Å²) in [5.41, 5.74) is -0.709. The Morgan fingerprint density at radius 2 is 1.83 bits per heavy atom. The van der Waals surface area contributed by atoms with Crippen LogP contribution < -0.4 is 39.4 Å². The van der Waals surface area contributed by atoms with E-state index < -0.39 is 60.8 Å². The predicted molar refractivity (Wildman–Crippen MR) is 131 cm³/mol. The van der Waals surface area contributed by atoms with Crippen LogP contribution in [0.15, 0.2) is 18.2 Å². The first-order valence-electron chi connectivity index (χ1n) is 13.6. The topological polar surface area (TPSA) is 147 Å². The van der Waals surface area contributed by atoms with Crippen LogP contribution in [0.3, 0.4) is 0 Å². The molecule has 11 atom stereocenters. The fourth-order valence-corrected chi connectivity index (χ4v) is 7.51. The number of halogens is 4. The van der Waals surface area contributed by atoms with Gasteiger partial charge in [0.15, 0.2) is 5.60 Å². The van der Waals surface area contributed by atoms with Crippen LogP contribution in [0, 0.1) is 24.7 Å². The van der Waals surface area contributed by atoms with Crippen molar-refractivity contribution in [3.05, 3.63) is 29.3 Å². The molecule has 6 unspecified atom stereocenters. The Bertz CT molecular complexity index is 1140. The number of hydrogen-bond donors (Lipinski definition) is 3. The molecule has 42 heavy (non-hydrogen) atoms. The number of alkyl halides is 4. The van der Waals surface area contributed by atoms with Gasteiger partial charge in [-0.3, -0.25) is 0 Å². The van der Waals surface area contributed by atoms with Crippen molar-refractivity contribution in [3.63, 3.8) is 0 Å². The van der Waals surface area contributed by atoms with Gasteiger partial charge in [0.2, 0.25) is 6.29 Å². The largest absolute Gasteiger partial charge is 1.00 e. The standard InChI is InChI=1S/C27H34ClF3O10.Na/c1-3-14-6-13-7-16(9-17(28)8-13)26(14)27(41-40-26,37-11-25(29,30)31)15-5-4-12(2)18(10-15)38-24-21(34)19(32)20(33)22(39-24)23(35)36;/h4-5,10,13-14,16-17,19-22,24,32-34H,3,6-9,11H2,1-2H3,(H,35,36);/q;+1/p-1/t13?,14?,16?,17?,19-,20-,21+,22-,24+,26?,27?;/m0./s1. The molecular formula is C27H33ClF3NaO10. The van der Waals surface area contributed by atoms with Gasteiger partial charge in [-0.15, -0.1) is 11.6 Å². The first-order chi connectivity index (χ1) is 19.2. The number of fused-ring (bicyclic) bond motifs is 3. The number of aliphatic carboxylic acids is 1. The summed E-state index contributed by atoms with van der Waals surface area (Å²) < 4.78 is 57.3. The summed E-state index contributed by atoms with van der Waals surface area (Å²) in [6, 6.07) is 4.42. The Hall–Kier alpha value is -0.710. The van der Waals surface area contributed by atoms with E-state index in [4.69, 9.17) is 35.6 Å². The van der Waals surface area contributed by atoms with Crippen molar-refractivity contribution in [2.24, 2.45) is 17.8 Å². The number of carbonyl (C=O) groups excluding carboxylic acids is 1. The van der Waals surface area contributed by atoms with Crippen molar-refractivity contribution in [2.75, 3.05) is 6.61 Å². The van der Waals surface area contributed by atoms with Gasteiger partial charge in [-0.2, -0.15) is 18.1 Å². The number of carboxylic acids is 1. The van der Waals surface area contributed by atoms with Gasteiger partial charge in [-0.25, -0.2) is 4.89 Å². The average molecular weight is 633 g/mol. The van der Waals surface area contributed by atoms with Crippen molar-refractivity contribution in [2.45, 2.75) is 99.6 Å². The van der Waals surface area contributed by atoms with E-state index >= 15 is 0 Å². The van der Waals surface area contributed by atoms with E-state index in [2.05, 4.69) is 0 Å². The Balaban J connectivity index is 0.00000405. The molecule has 2 heterocycles. The van der Waals surface area contributed by atoms with Gasteiger partial charge < -0.3 is 39.4 Å². The number of hydrogen-bond acceptors (Lipinski definition) is 10. The van der Waals surface area contributed by atoms with Crippen molar-refractivity contribution in [1.82, 2.24) is 0 Å². The summed E-state index contributed by atoms with van der Waals surface area (Å²) in [6.45, 7) is 1.91. The molecule has 2 aliphatic carbocycles. The van der Waals surface area contributed by atoms with Crippen molar-refractivity contribution >= 4 is 17.6 Å². The van der Waals surface area contributed by atoms with Gasteiger partial charge in [-0.1, -0.05) is 25.5 Å². The molecule has 1 aromatic rings. The van der Waals surface area contributed by atoms with Crippen LogP contribution in [0.25, 0.3) is 0 Å². The fourth-order valence-electron chi connectivity index (χ4n) is 7.05. The summed E-state index contributed by atoms with van der Waals surface area (Å²) in [7, 11) is 0. The van der Waals surface area contributed by atoms with Crippen molar-refractivity contribution in [3.8, 4) is 5.75 Å². The third kappa shape index (κ3) is 5.84. The van der Waals surface area contributed by atoms with Crippen LogP contribution in [0.5, 0.6) is 5.75 Å². The molecule has 1 aromatic carbocycles. The van der Waals surface area contributed by atoms with Gasteiger partial charge in [0.25, 0.3) is 5.79 Å². The average Bonchev–Trinajstić information content (AvgIpc) is 2.88. The molecule has 0 radical (unpaired) electrons. The molecule has 4 fully saturated rings. The van der Waals surface area contributed by atoms with Gasteiger partial charge in [0.05, 0.1) is 5.97 Å². The summed E-state index contributed by atoms with van der Waals surface area (Å²) in [6.07, 6.45) is -11.0. The third-order valence-corrected chi connectivity index (χ3v) is 9.29. The van der Waals surface area contributed by atoms with E-state index in [0.717, 1.165) is 6.42 Å². The predicted octanol–water partition coefficient (Wildman–Crippen LogP) is -1.18. The summed E-state index contributed by atoms with van der Waals surface area (Å²) in [4.78, 5) is 22.8. The van der Waals surface area contributed by atoms with Crippen LogP contribution in [0.4, 0.5) is 13.2 Å². The van der Waals surface area contributed by atoms with E-state index in [1.165, 1.54) is 18.2 Å². The Morgan fingerprint density at radius 1 is 1.12 bits per heavy atom. The molecule has 5 rings (SSSR count). The Labute approximate surface area is 267 Å². The molecule has 2 bridgehead atoms. The quantitative estimate of drug-likeness (QED) is 0.191. The minimum Gasteiger partial charge on any atom is -0.547 e. The normalized spacial score (nSPS) is 41.5. The zero-order valence-electron chi connectivity index (χ0n) is 23.4. The van der Waals surface area contributed by atoms with Crippen LogP contribution in [0.1, 0.15) is 50.2 Å². The van der Waals surface area contributed by atoms with Gasteiger partial charge >= 0.3 is 35.7 Å². The van der Waals surface area contributed by atoms with Crippen LogP contribution >= 0.6 is 11.6 Å². The molecule has 2 saturated heterocycles. The number of ether oxygens (including phenoxy) is 3. The first kappa shape index (κ1) is 34.2. The smallest absolute Gasteiger partial charge is 0.547 e. The van der Waals surface area contributed by atoms with E-state index in [1.807, 2.05) is 6.92 Å². The van der Waals surface area contributed by atoms with Gasteiger partial charge in [0, 0.05) is 10.9 Å². The minimum atomic E-state index is -4.69. The van der Waals surface area contributed by atoms with Crippen LogP contribution in [0.2, 0.25) is 0 Å². The minimum absolute atomic E-state index is 0. The number of aryl methyl sites for hydroxylation is 1. The maximum atomic E-state index is 13.6. The molecule has 15 heteroatoms. The number of carbonyl (C=O) groups is 1. The van der Waals surface area contributed by atoms with E-state index in [0.29, 0.717) is 31.2 Å². The summed E-state index contributed by atoms with van der Waals surface area (Å²) in [5.74, 6) is -4.04. The van der Waals surface area contributed by atoms with E-state index in [-0.39, 0.29) is 64.0 Å². The van der Waals surface area contributed by atoms with E-state index in [9.17, 15) is 38.4 Å². The number of benzene rings is 1. The monoisotopic (exact) mass is 632 g/mol. The molecule has 3 N–H and O–H groups in total. The van der Waals surface area contributed by atoms with Gasteiger partial charge in [-0.05, 0) is 62.0 Å². The van der Waals surface area contributed by atoms with Gasteiger partial charge in [0.1, 0.15) is 36.8 Å². The third-order valence-electron chi connectivity index (χ3n) is 8.93. The number of aliphatic hydroxyl groups is 3. The molecule has 1 spiro atoms. The summed E-state index contributed by atoms with van der Waals surface area (Å²) >= 11 is 6.57. The number of aliphatic hydroxyl groups excluding tert-OH is 3. The summed E-state index contributed by atoms with van der Waals surface area (Å²) in [5, 5.41) is 41.8. The zero-order chi connectivity index (χ0) is 29.9. The Kier molecular flexibility index (Phi) is 10.2. The second-order valence-corrected chi connectivity index (χ2v) is 12.1. The maximum absolute atomic E-state index is 13.6. The molecule has 0 aromatic heterocycles. The molecule has 10 nitrogen and oxygen atoms in total. The fraction of sp³-hybridized carbons (Fsp3) is 0.741. The second-order valence-electron chi connectivity index (χ2n) is 11.5. The van der Waals surface area contributed by atoms with Crippen molar-refractivity contribution in [1.29, 1.82) is 0 Å². The molecule has 230 valence electrons. The Morgan fingerprint density at radius 3 is 2.43 bits per heavy atom. The molecule has 2 saturated carbocycles. The van der Waals surface area contributed by atoms with Crippen LogP contribution in [-0.2, 0) is 29.8 Å². The van der Waals surface area contributed by atoms with Crippen LogP contribution in [-0.4, -0.2) is 75.8 Å². The number of rotatable bonds is 7.